The molecule has 0 bridgehead atoms. The third-order valence-corrected chi connectivity index (χ3v) is 3.31. The largest absolute Gasteiger partial charge is 0.330 e. The fraction of sp³-hybridized carbons (Fsp3) is 0.200. The van der Waals surface area contributed by atoms with Gasteiger partial charge < -0.3 is 5.73 Å². The minimum atomic E-state index is -0.446. The minimum Gasteiger partial charge on any atom is -0.330 e. The molecule has 2 rings (SSSR count). The van der Waals surface area contributed by atoms with Crippen LogP contribution >= 0.6 is 11.6 Å². The van der Waals surface area contributed by atoms with Gasteiger partial charge in [0.15, 0.2) is 0 Å². The van der Waals surface area contributed by atoms with Crippen molar-refractivity contribution in [2.24, 2.45) is 5.73 Å². The highest BCUT2D eigenvalue weighted by molar-refractivity contribution is 6.30. The van der Waals surface area contributed by atoms with Gasteiger partial charge in [0, 0.05) is 10.9 Å². The van der Waals surface area contributed by atoms with Gasteiger partial charge >= 0.3 is 0 Å². The third-order valence-electron chi connectivity index (χ3n) is 3.08. The molecule has 100 valence electrons. The maximum atomic E-state index is 13.6. The number of hydrogen-bond acceptors (Lipinski definition) is 1. The number of hydrogen-bond donors (Lipinski definition) is 1. The Morgan fingerprint density at radius 3 is 2.58 bits per heavy atom. The molecule has 2 aromatic carbocycles. The van der Waals surface area contributed by atoms with Gasteiger partial charge in [-0.2, -0.15) is 0 Å². The van der Waals surface area contributed by atoms with Crippen molar-refractivity contribution < 1.29 is 8.78 Å². The van der Waals surface area contributed by atoms with Gasteiger partial charge in [-0.1, -0.05) is 23.7 Å². The molecule has 0 saturated carbocycles. The van der Waals surface area contributed by atoms with Crippen molar-refractivity contribution in [1.82, 2.24) is 0 Å². The molecule has 2 aromatic rings. The van der Waals surface area contributed by atoms with E-state index in [1.54, 1.807) is 12.1 Å². The fourth-order valence-electron chi connectivity index (χ4n) is 2.06. The van der Waals surface area contributed by atoms with E-state index in [1.807, 2.05) is 12.1 Å². The molecule has 2 N–H and O–H groups in total. The average molecular weight is 282 g/mol. The van der Waals surface area contributed by atoms with E-state index in [9.17, 15) is 8.78 Å². The highest BCUT2D eigenvalue weighted by atomic mass is 35.5. The summed E-state index contributed by atoms with van der Waals surface area (Å²) in [5.74, 6) is -0.949. The molecule has 0 aliphatic rings. The Balaban J connectivity index is 2.26. The second kappa shape index (κ2) is 6.13. The highest BCUT2D eigenvalue weighted by Gasteiger charge is 2.14. The molecular weight excluding hydrogens is 268 g/mol. The molecule has 19 heavy (non-hydrogen) atoms. The Labute approximate surface area is 116 Å². The van der Waals surface area contributed by atoms with Gasteiger partial charge in [0.05, 0.1) is 0 Å². The van der Waals surface area contributed by atoms with E-state index in [4.69, 9.17) is 17.3 Å². The fourth-order valence-corrected chi connectivity index (χ4v) is 2.26. The molecule has 4 heteroatoms. The monoisotopic (exact) mass is 281 g/mol. The van der Waals surface area contributed by atoms with Crippen molar-refractivity contribution in [3.63, 3.8) is 0 Å². The summed E-state index contributed by atoms with van der Waals surface area (Å²) in [5, 5.41) is 0.607. The molecule has 1 unspecified atom stereocenters. The van der Waals surface area contributed by atoms with Gasteiger partial charge in [0.25, 0.3) is 0 Å². The topological polar surface area (TPSA) is 26.0 Å². The quantitative estimate of drug-likeness (QED) is 0.904. The number of nitrogens with two attached hydrogens (primary N) is 1. The molecule has 0 amide bonds. The van der Waals surface area contributed by atoms with E-state index in [1.165, 1.54) is 6.07 Å². The Morgan fingerprint density at radius 1 is 1.11 bits per heavy atom. The molecule has 0 aromatic heterocycles. The Morgan fingerprint density at radius 2 is 1.89 bits per heavy atom. The summed E-state index contributed by atoms with van der Waals surface area (Å²) in [6.07, 6.45) is 0.348. The van der Waals surface area contributed by atoms with Crippen molar-refractivity contribution in [3.05, 3.63) is 70.2 Å². The first-order valence-electron chi connectivity index (χ1n) is 5.99. The van der Waals surface area contributed by atoms with Crippen molar-refractivity contribution in [1.29, 1.82) is 0 Å². The molecule has 1 atom stereocenters. The summed E-state index contributed by atoms with van der Waals surface area (Å²) in [5.41, 5.74) is 6.99. The summed E-state index contributed by atoms with van der Waals surface area (Å²) in [7, 11) is 0. The number of benzene rings is 2. The molecule has 0 heterocycles. The van der Waals surface area contributed by atoms with E-state index in [2.05, 4.69) is 0 Å². The van der Waals surface area contributed by atoms with Crippen LogP contribution in [0.3, 0.4) is 0 Å². The highest BCUT2D eigenvalue weighted by Crippen LogP contribution is 2.24. The first-order chi connectivity index (χ1) is 9.10. The maximum Gasteiger partial charge on any atom is 0.126 e. The second-order valence-electron chi connectivity index (χ2n) is 4.43. The third kappa shape index (κ3) is 3.52. The summed E-state index contributed by atoms with van der Waals surface area (Å²) in [6.45, 7) is 0.344. The van der Waals surface area contributed by atoms with Gasteiger partial charge in [-0.05, 0) is 54.4 Å². The van der Waals surface area contributed by atoms with Crippen LogP contribution in [0.25, 0.3) is 0 Å². The summed E-state index contributed by atoms with van der Waals surface area (Å²) in [4.78, 5) is 0. The van der Waals surface area contributed by atoms with Crippen LogP contribution in [0.15, 0.2) is 42.5 Å². The molecule has 0 fully saturated rings. The zero-order chi connectivity index (χ0) is 13.8. The van der Waals surface area contributed by atoms with E-state index in [0.717, 1.165) is 17.7 Å². The predicted molar refractivity (Wildman–Crippen MR) is 73.3 cm³/mol. The smallest absolute Gasteiger partial charge is 0.126 e. The van der Waals surface area contributed by atoms with Crippen LogP contribution in [0.2, 0.25) is 5.02 Å². The molecule has 0 radical (unpaired) electrons. The predicted octanol–water partition coefficient (Wildman–Crippen LogP) is 3.90. The number of halogens is 3. The van der Waals surface area contributed by atoms with Crippen LogP contribution in [0.1, 0.15) is 17.0 Å². The van der Waals surface area contributed by atoms with E-state index in [0.29, 0.717) is 23.6 Å². The van der Waals surface area contributed by atoms with Crippen LogP contribution in [0.4, 0.5) is 8.78 Å². The lowest BCUT2D eigenvalue weighted by Crippen LogP contribution is -2.15. The summed E-state index contributed by atoms with van der Waals surface area (Å²) >= 11 is 5.93. The first-order valence-corrected chi connectivity index (χ1v) is 6.37. The van der Waals surface area contributed by atoms with E-state index in [-0.39, 0.29) is 5.92 Å². The Kier molecular flexibility index (Phi) is 4.51. The lowest BCUT2D eigenvalue weighted by molar-refractivity contribution is 0.570. The van der Waals surface area contributed by atoms with Gasteiger partial charge in [0.1, 0.15) is 11.6 Å². The van der Waals surface area contributed by atoms with Gasteiger partial charge in [-0.25, -0.2) is 8.78 Å². The summed E-state index contributed by atoms with van der Waals surface area (Å²) < 4.78 is 26.8. The lowest BCUT2D eigenvalue weighted by atomic mass is 9.92. The van der Waals surface area contributed by atoms with Crippen LogP contribution in [-0.4, -0.2) is 6.54 Å². The molecule has 0 spiro atoms. The van der Waals surface area contributed by atoms with E-state index >= 15 is 0 Å². The average Bonchev–Trinajstić information content (AvgIpc) is 2.39. The second-order valence-corrected chi connectivity index (χ2v) is 4.86. The lowest BCUT2D eigenvalue weighted by Gasteiger charge is -2.16. The minimum absolute atomic E-state index is 0.0880. The molecule has 0 aliphatic heterocycles. The van der Waals surface area contributed by atoms with E-state index < -0.39 is 11.6 Å². The normalized spacial score (nSPS) is 12.4. The Bertz CT molecular complexity index is 572. The van der Waals surface area contributed by atoms with Gasteiger partial charge in [0.2, 0.25) is 0 Å². The summed E-state index contributed by atoms with van der Waals surface area (Å²) in [6, 6.07) is 10.7. The van der Waals surface area contributed by atoms with Gasteiger partial charge in [-0.15, -0.1) is 0 Å². The van der Waals surface area contributed by atoms with Crippen LogP contribution < -0.4 is 5.73 Å². The van der Waals surface area contributed by atoms with Gasteiger partial charge in [-0.3, -0.25) is 0 Å². The van der Waals surface area contributed by atoms with Crippen molar-refractivity contribution in [3.8, 4) is 0 Å². The molecule has 0 aliphatic carbocycles. The zero-order valence-corrected chi connectivity index (χ0v) is 11.0. The molecule has 0 saturated heterocycles. The van der Waals surface area contributed by atoms with Crippen LogP contribution in [0, 0.1) is 11.6 Å². The molecule has 1 nitrogen and oxygen atoms in total. The van der Waals surface area contributed by atoms with Crippen molar-refractivity contribution in [2.45, 2.75) is 12.3 Å². The molecular formula is C15H14ClF2N. The SMILES string of the molecule is NCC(Cc1cc(F)ccc1F)c1cccc(Cl)c1. The van der Waals surface area contributed by atoms with Crippen molar-refractivity contribution >= 4 is 11.6 Å². The number of rotatable bonds is 4. The maximum absolute atomic E-state index is 13.6. The van der Waals surface area contributed by atoms with Crippen LogP contribution in [0.5, 0.6) is 0 Å². The van der Waals surface area contributed by atoms with Crippen LogP contribution in [-0.2, 0) is 6.42 Å². The van der Waals surface area contributed by atoms with Crippen molar-refractivity contribution in [2.75, 3.05) is 6.54 Å². The first kappa shape index (κ1) is 14.0. The standard InChI is InChI=1S/C15H14ClF2N/c16-13-3-1-2-10(7-13)12(9-19)6-11-8-14(17)4-5-15(11)18/h1-5,7-8,12H,6,9,19H2. The zero-order valence-electron chi connectivity index (χ0n) is 10.2. The Hall–Kier alpha value is -1.45.